The number of anilines is 1. The zero-order valence-corrected chi connectivity index (χ0v) is 29.0. The monoisotopic (exact) mass is 711 g/mol. The number of aromatic nitrogens is 1. The van der Waals surface area contributed by atoms with Crippen LogP contribution < -0.4 is 25.3 Å². The van der Waals surface area contributed by atoms with E-state index < -0.39 is 5.82 Å². The minimum absolute atomic E-state index is 0. The quantitative estimate of drug-likeness (QED) is 0.193. The number of hydrogen-bond donors (Lipinski definition) is 3. The van der Waals surface area contributed by atoms with E-state index in [2.05, 4.69) is 15.9 Å². The van der Waals surface area contributed by atoms with Crippen molar-refractivity contribution in [2.45, 2.75) is 31.8 Å². The van der Waals surface area contributed by atoms with Crippen molar-refractivity contribution in [1.29, 1.82) is 0 Å². The second kappa shape index (κ2) is 14.2. The van der Waals surface area contributed by atoms with E-state index in [9.17, 15) is 9.59 Å². The number of amides is 2. The molecule has 0 spiro atoms. The molecular weight excluding hydrogens is 668 g/mol. The van der Waals surface area contributed by atoms with Crippen molar-refractivity contribution < 1.29 is 29.3 Å². The fourth-order valence-electron chi connectivity index (χ4n) is 7.21. The van der Waals surface area contributed by atoms with E-state index in [1.165, 1.54) is 6.07 Å². The second-order valence-electron chi connectivity index (χ2n) is 13.5. The number of methoxy groups -OCH3 is 1. The van der Waals surface area contributed by atoms with E-state index in [0.717, 1.165) is 18.4 Å². The van der Waals surface area contributed by atoms with Crippen LogP contribution in [-0.2, 0) is 4.79 Å². The Morgan fingerprint density at radius 3 is 2.50 bits per heavy atom. The third-order valence-corrected chi connectivity index (χ3v) is 10.1. The number of hydrogen-bond acceptors (Lipinski definition) is 8. The number of nitrogens with one attached hydrogen (secondary N) is 3. The van der Waals surface area contributed by atoms with Crippen molar-refractivity contribution in [2.24, 2.45) is 0 Å². The number of para-hydroxylation sites is 2. The summed E-state index contributed by atoms with van der Waals surface area (Å²) in [5.41, 5.74) is 9.21. The normalized spacial score (nSPS) is 17.4. The molecule has 0 unspecified atom stereocenters. The average Bonchev–Trinajstić information content (AvgIpc) is 3.61. The van der Waals surface area contributed by atoms with Gasteiger partial charge >= 0.3 is 0 Å². The number of hydrazine groups is 2. The Bertz CT molecular complexity index is 2080. The minimum Gasteiger partial charge on any atom is -0.496 e. The van der Waals surface area contributed by atoms with Gasteiger partial charge in [0.05, 0.1) is 18.7 Å². The zero-order valence-electron chi connectivity index (χ0n) is 29.0. The van der Waals surface area contributed by atoms with E-state index in [1.807, 2.05) is 41.4 Å². The lowest BCUT2D eigenvalue weighted by molar-refractivity contribution is -0.131. The van der Waals surface area contributed by atoms with Crippen LogP contribution in [0.5, 0.6) is 11.5 Å². The van der Waals surface area contributed by atoms with Crippen molar-refractivity contribution in [3.05, 3.63) is 96.0 Å². The van der Waals surface area contributed by atoms with Gasteiger partial charge in [0.25, 0.3) is 5.91 Å². The highest BCUT2D eigenvalue weighted by Gasteiger charge is 2.31. The summed E-state index contributed by atoms with van der Waals surface area (Å²) in [6.07, 6.45) is 8.50. The number of piperazine rings is 1. The molecule has 4 heterocycles. The lowest BCUT2D eigenvalue weighted by Gasteiger charge is -2.36. The molecule has 3 aliphatic heterocycles. The molecule has 0 atom stereocenters. The number of carbonyl (C=O) groups is 2. The van der Waals surface area contributed by atoms with Crippen LogP contribution in [-0.4, -0.2) is 90.6 Å². The van der Waals surface area contributed by atoms with Crippen LogP contribution in [0.1, 0.15) is 43.2 Å². The van der Waals surface area contributed by atoms with E-state index in [4.69, 9.17) is 9.47 Å². The molecular formula is C39H43F2N7O4. The highest BCUT2D eigenvalue weighted by atomic mass is 19.1. The van der Waals surface area contributed by atoms with Crippen LogP contribution in [0.4, 0.5) is 14.5 Å². The Hall–Kier alpha value is -5.56. The van der Waals surface area contributed by atoms with Crippen LogP contribution in [0.2, 0.25) is 0 Å². The first kappa shape index (κ1) is 33.6. The summed E-state index contributed by atoms with van der Waals surface area (Å²) < 4.78 is 43.5. The maximum Gasteiger partial charge on any atom is 0.270 e. The lowest BCUT2D eigenvalue weighted by atomic mass is 9.93. The van der Waals surface area contributed by atoms with Gasteiger partial charge in [0, 0.05) is 82.6 Å². The lowest BCUT2D eigenvalue weighted by Crippen LogP contribution is -2.49. The maximum absolute atomic E-state index is 16.7. The van der Waals surface area contributed by atoms with Crippen molar-refractivity contribution in [3.8, 4) is 22.6 Å². The molecule has 3 aromatic carbocycles. The summed E-state index contributed by atoms with van der Waals surface area (Å²) in [7, 11) is 1.59. The van der Waals surface area contributed by atoms with Crippen LogP contribution in [0, 0.1) is 11.6 Å². The SMILES string of the molecule is COc1ccccc1-c1cc(C2=CCCN(C(=O)CCN3C=CNN3)C2)c(F)c2[nH]c(C(=O)N3CCN(c4c(F)cccc4OC4CC4)CC3)cc12.[HH]. The molecule has 11 nitrogen and oxygen atoms in total. The topological polar surface area (TPSA) is 105 Å². The number of aromatic amines is 1. The number of carbonyl (C=O) groups excluding carboxylic acids is 2. The Morgan fingerprint density at radius 2 is 1.73 bits per heavy atom. The molecule has 0 bridgehead atoms. The first-order chi connectivity index (χ1) is 25.4. The number of H-pyrrole nitrogens is 1. The molecule has 8 rings (SSSR count). The van der Waals surface area contributed by atoms with E-state index in [0.29, 0.717) is 91.4 Å². The molecule has 4 aromatic rings. The summed E-state index contributed by atoms with van der Waals surface area (Å²) in [5, 5.41) is 2.34. The molecule has 2 fully saturated rings. The van der Waals surface area contributed by atoms with Crippen LogP contribution in [0.3, 0.4) is 0 Å². The molecule has 1 saturated heterocycles. The molecule has 1 aromatic heterocycles. The number of nitrogens with zero attached hydrogens (tertiary/aromatic N) is 4. The molecule has 1 saturated carbocycles. The first-order valence-corrected chi connectivity index (χ1v) is 17.8. The van der Waals surface area contributed by atoms with Gasteiger partial charge in [0.2, 0.25) is 5.91 Å². The van der Waals surface area contributed by atoms with Gasteiger partial charge in [0.15, 0.2) is 5.82 Å². The van der Waals surface area contributed by atoms with Gasteiger partial charge < -0.3 is 34.6 Å². The van der Waals surface area contributed by atoms with Gasteiger partial charge in [-0.3, -0.25) is 14.6 Å². The number of benzene rings is 3. The van der Waals surface area contributed by atoms with Crippen LogP contribution in [0.25, 0.3) is 27.6 Å². The first-order valence-electron chi connectivity index (χ1n) is 17.8. The van der Waals surface area contributed by atoms with Crippen molar-refractivity contribution in [1.82, 2.24) is 30.8 Å². The van der Waals surface area contributed by atoms with Gasteiger partial charge in [-0.1, -0.05) is 30.3 Å². The van der Waals surface area contributed by atoms with Crippen molar-refractivity contribution in [2.75, 3.05) is 57.8 Å². The molecule has 0 radical (unpaired) electrons. The Kier molecular flexibility index (Phi) is 9.18. The van der Waals surface area contributed by atoms with Gasteiger partial charge in [-0.25, -0.2) is 8.78 Å². The van der Waals surface area contributed by atoms with Gasteiger partial charge in [-0.05, 0) is 60.7 Å². The molecule has 52 heavy (non-hydrogen) atoms. The van der Waals surface area contributed by atoms with Gasteiger partial charge in [-0.2, -0.15) is 0 Å². The summed E-state index contributed by atoms with van der Waals surface area (Å²) in [6.45, 7) is 2.86. The fraction of sp³-hybridized carbons (Fsp3) is 0.333. The summed E-state index contributed by atoms with van der Waals surface area (Å²) >= 11 is 0. The number of rotatable bonds is 10. The molecule has 2 amide bonds. The Balaban J connectivity index is 0.00000435. The summed E-state index contributed by atoms with van der Waals surface area (Å²) in [4.78, 5) is 35.8. The second-order valence-corrected chi connectivity index (χ2v) is 13.5. The van der Waals surface area contributed by atoms with E-state index >= 15 is 8.78 Å². The molecule has 4 aliphatic rings. The van der Waals surface area contributed by atoms with Gasteiger partial charge in [0.1, 0.15) is 28.7 Å². The number of halogens is 2. The van der Waals surface area contributed by atoms with Crippen molar-refractivity contribution >= 4 is 34.0 Å². The summed E-state index contributed by atoms with van der Waals surface area (Å²) in [5.74, 6) is 0.0173. The molecule has 3 N–H and O–H groups in total. The smallest absolute Gasteiger partial charge is 0.270 e. The third-order valence-electron chi connectivity index (χ3n) is 10.1. The molecule has 272 valence electrons. The summed E-state index contributed by atoms with van der Waals surface area (Å²) in [6, 6.07) is 15.9. The predicted octanol–water partition coefficient (Wildman–Crippen LogP) is 5.67. The van der Waals surface area contributed by atoms with E-state index in [1.54, 1.807) is 52.4 Å². The number of ether oxygens (including phenoxy) is 2. The standard InChI is InChI=1S/C39H41F2N7O4.H2/c1-51-33-9-3-2-7-27(33)29-22-28(25-6-5-15-47(24-25)35(49)13-16-48-17-14-42-44-48)36(41)37-30(29)23-32(43-37)39(50)46-20-18-45(19-21-46)38-31(40)8-4-10-34(38)52-26-11-12-26;/h2-4,6-10,14,17,22-23,26,42-44H,5,11-13,15-16,18-21,24H2,1H3;1H. The van der Waals surface area contributed by atoms with Crippen LogP contribution in [0.15, 0.2) is 73.1 Å². The zero-order chi connectivity index (χ0) is 35.8. The van der Waals surface area contributed by atoms with Crippen molar-refractivity contribution in [3.63, 3.8) is 0 Å². The highest BCUT2D eigenvalue weighted by molar-refractivity contribution is 6.05. The van der Waals surface area contributed by atoms with Crippen LogP contribution >= 0.6 is 0 Å². The average molecular weight is 712 g/mol. The van der Waals surface area contributed by atoms with E-state index in [-0.39, 0.29) is 42.9 Å². The minimum atomic E-state index is -0.488. The third kappa shape index (κ3) is 6.63. The maximum atomic E-state index is 16.7. The predicted molar refractivity (Wildman–Crippen MR) is 196 cm³/mol. The largest absolute Gasteiger partial charge is 0.496 e. The Morgan fingerprint density at radius 1 is 0.923 bits per heavy atom. The van der Waals surface area contributed by atoms with Gasteiger partial charge in [-0.15, -0.1) is 5.53 Å². The molecule has 13 heteroatoms. The highest BCUT2D eigenvalue weighted by Crippen LogP contribution is 2.41. The Labute approximate surface area is 301 Å². The number of fused-ring (bicyclic) bond motifs is 1. The fourth-order valence-corrected chi connectivity index (χ4v) is 7.21. The molecule has 1 aliphatic carbocycles.